The summed E-state index contributed by atoms with van der Waals surface area (Å²) in [6, 6.07) is 13.2. The van der Waals surface area contributed by atoms with Gasteiger partial charge in [-0.15, -0.1) is 0 Å². The highest BCUT2D eigenvalue weighted by atomic mass is 16.6. The third kappa shape index (κ3) is 4.32. The fourth-order valence-electron chi connectivity index (χ4n) is 2.82. The molecule has 3 N–H and O–H groups in total. The lowest BCUT2D eigenvalue weighted by Gasteiger charge is -2.27. The van der Waals surface area contributed by atoms with E-state index in [1.54, 1.807) is 30.3 Å². The molecule has 7 heteroatoms. The summed E-state index contributed by atoms with van der Waals surface area (Å²) in [5, 5.41) is 28.5. The first-order valence-corrected chi connectivity index (χ1v) is 8.23. The van der Waals surface area contributed by atoms with Crippen molar-refractivity contribution in [3.05, 3.63) is 59.7 Å². The molecule has 0 heterocycles. The largest absolute Gasteiger partial charge is 0.479 e. The van der Waals surface area contributed by atoms with E-state index in [0.717, 1.165) is 0 Å². The zero-order valence-electron chi connectivity index (χ0n) is 14.9. The van der Waals surface area contributed by atoms with Crippen molar-refractivity contribution in [1.29, 1.82) is 0 Å². The Balaban J connectivity index is 2.52. The van der Waals surface area contributed by atoms with E-state index >= 15 is 0 Å². The summed E-state index contributed by atoms with van der Waals surface area (Å²) in [6.07, 6.45) is -1.16. The molecule has 0 amide bonds. The number of carboxylic acids is 3. The molecule has 0 bridgehead atoms. The first kappa shape index (κ1) is 20.1. The number of carboxylic acid groups (broad SMARTS) is 3. The predicted molar refractivity (Wildman–Crippen MR) is 96.8 cm³/mol. The van der Waals surface area contributed by atoms with Crippen molar-refractivity contribution in [1.82, 2.24) is 0 Å². The van der Waals surface area contributed by atoms with Gasteiger partial charge < -0.3 is 20.1 Å². The van der Waals surface area contributed by atoms with Gasteiger partial charge in [-0.05, 0) is 36.6 Å². The van der Waals surface area contributed by atoms with Crippen LogP contribution in [0.1, 0.15) is 29.8 Å². The summed E-state index contributed by atoms with van der Waals surface area (Å²) < 4.78 is 5.23. The smallest absolute Gasteiger partial charge is 0.348 e. The van der Waals surface area contributed by atoms with Crippen LogP contribution in [-0.4, -0.2) is 44.9 Å². The maximum absolute atomic E-state index is 11.7. The molecule has 0 saturated carbocycles. The number of benzene rings is 2. The Labute approximate surface area is 155 Å². The molecular weight excluding hydrogens is 352 g/mol. The minimum absolute atomic E-state index is 0.0482. The van der Waals surface area contributed by atoms with Crippen molar-refractivity contribution in [2.75, 3.05) is 0 Å². The molecule has 142 valence electrons. The SMILES string of the molecule is CC(C)OC(Cc1ccc(-c2ccccc2)c(C(=O)O)c1)(C(=O)O)C(=O)O. The molecular formula is C20H20O7. The van der Waals surface area contributed by atoms with E-state index in [9.17, 15) is 29.7 Å². The van der Waals surface area contributed by atoms with Crippen LogP contribution in [0.5, 0.6) is 0 Å². The summed E-state index contributed by atoms with van der Waals surface area (Å²) >= 11 is 0. The van der Waals surface area contributed by atoms with Crippen molar-refractivity contribution in [3.63, 3.8) is 0 Å². The minimum Gasteiger partial charge on any atom is -0.479 e. The number of hydrogen-bond donors (Lipinski definition) is 3. The van der Waals surface area contributed by atoms with Gasteiger partial charge in [0.25, 0.3) is 5.60 Å². The lowest BCUT2D eigenvalue weighted by Crippen LogP contribution is -2.52. The molecule has 2 aromatic carbocycles. The van der Waals surface area contributed by atoms with E-state index in [1.165, 1.54) is 32.0 Å². The van der Waals surface area contributed by atoms with Crippen LogP contribution in [0.25, 0.3) is 11.1 Å². The topological polar surface area (TPSA) is 121 Å². The Hall–Kier alpha value is -3.19. The number of aromatic carboxylic acids is 1. The molecule has 0 spiro atoms. The van der Waals surface area contributed by atoms with Crippen molar-refractivity contribution >= 4 is 17.9 Å². The summed E-state index contributed by atoms with van der Waals surface area (Å²) in [5.41, 5.74) is -1.18. The Morgan fingerprint density at radius 1 is 0.963 bits per heavy atom. The number of carbonyl (C=O) groups is 3. The van der Waals surface area contributed by atoms with Gasteiger partial charge >= 0.3 is 17.9 Å². The molecule has 0 atom stereocenters. The second-order valence-corrected chi connectivity index (χ2v) is 6.33. The van der Waals surface area contributed by atoms with Crippen LogP contribution in [0.2, 0.25) is 0 Å². The Morgan fingerprint density at radius 2 is 1.56 bits per heavy atom. The van der Waals surface area contributed by atoms with Crippen LogP contribution in [0.15, 0.2) is 48.5 Å². The van der Waals surface area contributed by atoms with Gasteiger partial charge in [-0.1, -0.05) is 42.5 Å². The number of aliphatic carboxylic acids is 2. The molecule has 2 rings (SSSR count). The van der Waals surface area contributed by atoms with Crippen LogP contribution in [-0.2, 0) is 20.7 Å². The first-order valence-electron chi connectivity index (χ1n) is 8.23. The zero-order chi connectivity index (χ0) is 20.2. The molecule has 0 fully saturated rings. The fraction of sp³-hybridized carbons (Fsp3) is 0.250. The van der Waals surface area contributed by atoms with Gasteiger partial charge in [0.2, 0.25) is 0 Å². The average molecular weight is 372 g/mol. The monoisotopic (exact) mass is 372 g/mol. The third-order valence-electron chi connectivity index (χ3n) is 3.98. The van der Waals surface area contributed by atoms with Crippen LogP contribution >= 0.6 is 0 Å². The Bertz CT molecular complexity index is 842. The number of ether oxygens (including phenoxy) is 1. The molecule has 7 nitrogen and oxygen atoms in total. The normalized spacial score (nSPS) is 11.4. The van der Waals surface area contributed by atoms with E-state index in [2.05, 4.69) is 0 Å². The summed E-state index contributed by atoms with van der Waals surface area (Å²) in [4.78, 5) is 35.1. The van der Waals surface area contributed by atoms with Crippen LogP contribution in [0.3, 0.4) is 0 Å². The minimum atomic E-state index is -2.50. The van der Waals surface area contributed by atoms with Gasteiger partial charge in [0.1, 0.15) is 0 Å². The van der Waals surface area contributed by atoms with E-state index in [-0.39, 0.29) is 11.1 Å². The molecule has 27 heavy (non-hydrogen) atoms. The summed E-state index contributed by atoms with van der Waals surface area (Å²) in [6.45, 7) is 3.06. The van der Waals surface area contributed by atoms with Gasteiger partial charge in [0.15, 0.2) is 0 Å². The highest BCUT2D eigenvalue weighted by Gasteiger charge is 2.49. The third-order valence-corrected chi connectivity index (χ3v) is 3.98. The summed E-state index contributed by atoms with van der Waals surface area (Å²) in [7, 11) is 0. The highest BCUT2D eigenvalue weighted by molar-refractivity contribution is 6.02. The van der Waals surface area contributed by atoms with Crippen LogP contribution < -0.4 is 0 Å². The lowest BCUT2D eigenvalue weighted by molar-refractivity contribution is -0.188. The van der Waals surface area contributed by atoms with Gasteiger partial charge in [-0.3, -0.25) is 0 Å². The summed E-state index contributed by atoms with van der Waals surface area (Å²) in [5.74, 6) is -4.49. The second-order valence-electron chi connectivity index (χ2n) is 6.33. The van der Waals surface area contributed by atoms with Crippen LogP contribution in [0, 0.1) is 0 Å². The lowest BCUT2D eigenvalue weighted by atomic mass is 9.90. The molecule has 0 aliphatic rings. The Morgan fingerprint density at radius 3 is 2.04 bits per heavy atom. The highest BCUT2D eigenvalue weighted by Crippen LogP contribution is 2.28. The zero-order valence-corrected chi connectivity index (χ0v) is 14.9. The standard InChI is InChI=1S/C20H20O7/c1-12(2)27-20(18(23)24,19(25)26)11-13-8-9-15(16(10-13)17(21)22)14-6-4-3-5-7-14/h3-10,12H,11H2,1-2H3,(H,21,22)(H,23,24)(H,25,26). The molecule has 0 radical (unpaired) electrons. The maximum atomic E-state index is 11.7. The van der Waals surface area contributed by atoms with Crippen molar-refractivity contribution in [3.8, 4) is 11.1 Å². The quantitative estimate of drug-likeness (QED) is 0.609. The van der Waals surface area contributed by atoms with Gasteiger partial charge in [0.05, 0.1) is 11.7 Å². The second kappa shape index (κ2) is 8.01. The van der Waals surface area contributed by atoms with E-state index in [0.29, 0.717) is 11.1 Å². The molecule has 0 unspecified atom stereocenters. The number of rotatable bonds is 8. The van der Waals surface area contributed by atoms with E-state index < -0.39 is 36.0 Å². The Kier molecular flexibility index (Phi) is 5.97. The van der Waals surface area contributed by atoms with Crippen LogP contribution in [0.4, 0.5) is 0 Å². The van der Waals surface area contributed by atoms with Gasteiger partial charge in [0, 0.05) is 6.42 Å². The maximum Gasteiger partial charge on any atom is 0.348 e. The van der Waals surface area contributed by atoms with Crippen molar-refractivity contribution in [2.24, 2.45) is 0 Å². The molecule has 0 aliphatic heterocycles. The molecule has 2 aromatic rings. The van der Waals surface area contributed by atoms with Gasteiger partial charge in [-0.25, -0.2) is 14.4 Å². The molecule has 0 aliphatic carbocycles. The van der Waals surface area contributed by atoms with Crippen molar-refractivity contribution < 1.29 is 34.4 Å². The predicted octanol–water partition coefficient (Wildman–Crippen LogP) is 2.93. The van der Waals surface area contributed by atoms with Gasteiger partial charge in [-0.2, -0.15) is 0 Å². The van der Waals surface area contributed by atoms with E-state index in [4.69, 9.17) is 4.74 Å². The van der Waals surface area contributed by atoms with Crippen molar-refractivity contribution in [2.45, 2.75) is 32.0 Å². The first-order chi connectivity index (χ1) is 12.7. The van der Waals surface area contributed by atoms with E-state index in [1.807, 2.05) is 0 Å². The fourth-order valence-corrected chi connectivity index (χ4v) is 2.82. The number of hydrogen-bond acceptors (Lipinski definition) is 4. The molecule has 0 aromatic heterocycles. The molecule has 0 saturated heterocycles. The average Bonchev–Trinajstić information content (AvgIpc) is 2.61.